The lowest BCUT2D eigenvalue weighted by atomic mass is 10.0. The molecule has 2 heteroatoms. The molecule has 2 nitrogen and oxygen atoms in total. The highest BCUT2D eigenvalue weighted by atomic mass is 16.5. The normalized spacial score (nSPS) is 12.2. The van der Waals surface area contributed by atoms with E-state index in [1.807, 2.05) is 31.2 Å². The van der Waals surface area contributed by atoms with Gasteiger partial charge in [-0.3, -0.25) is 0 Å². The molecule has 2 aromatic rings. The fourth-order valence-electron chi connectivity index (χ4n) is 2.18. The van der Waals surface area contributed by atoms with Gasteiger partial charge in [-0.05, 0) is 49.9 Å². The minimum absolute atomic E-state index is 0.424. The Morgan fingerprint density at radius 1 is 1.00 bits per heavy atom. The number of benzene rings is 2. The van der Waals surface area contributed by atoms with E-state index in [0.29, 0.717) is 6.61 Å². The highest BCUT2D eigenvalue weighted by Crippen LogP contribution is 2.22. The maximum absolute atomic E-state index is 10.2. The van der Waals surface area contributed by atoms with Crippen LogP contribution in [0, 0.1) is 6.92 Å². The Kier molecular flexibility index (Phi) is 5.19. The molecular formula is C18H22O2. The number of rotatable bonds is 6. The third-order valence-corrected chi connectivity index (χ3v) is 3.40. The number of ether oxygens (including phenoxy) is 1. The predicted molar refractivity (Wildman–Crippen MR) is 82.1 cm³/mol. The van der Waals surface area contributed by atoms with Gasteiger partial charge < -0.3 is 9.84 Å². The molecule has 0 amide bonds. The molecule has 20 heavy (non-hydrogen) atoms. The number of aliphatic hydroxyl groups is 1. The number of hydrogen-bond donors (Lipinski definition) is 1. The van der Waals surface area contributed by atoms with E-state index in [9.17, 15) is 5.11 Å². The maximum atomic E-state index is 10.2. The first kappa shape index (κ1) is 14.6. The first-order valence-corrected chi connectivity index (χ1v) is 7.15. The lowest BCUT2D eigenvalue weighted by Gasteiger charge is -2.12. The molecule has 0 aromatic heterocycles. The Balaban J connectivity index is 1.90. The van der Waals surface area contributed by atoms with Crippen molar-refractivity contribution in [1.29, 1.82) is 0 Å². The van der Waals surface area contributed by atoms with E-state index < -0.39 is 6.10 Å². The summed E-state index contributed by atoms with van der Waals surface area (Å²) in [5.74, 6) is 0.849. The van der Waals surface area contributed by atoms with Crippen molar-refractivity contribution in [2.75, 3.05) is 6.61 Å². The van der Waals surface area contributed by atoms with E-state index in [1.54, 1.807) is 0 Å². The Morgan fingerprint density at radius 3 is 2.25 bits per heavy atom. The van der Waals surface area contributed by atoms with E-state index >= 15 is 0 Å². The van der Waals surface area contributed by atoms with Gasteiger partial charge in [-0.1, -0.05) is 42.0 Å². The summed E-state index contributed by atoms with van der Waals surface area (Å²) >= 11 is 0. The van der Waals surface area contributed by atoms with Gasteiger partial charge in [0.15, 0.2) is 0 Å². The van der Waals surface area contributed by atoms with Gasteiger partial charge in [-0.2, -0.15) is 0 Å². The molecule has 2 aromatic carbocycles. The van der Waals surface area contributed by atoms with Crippen LogP contribution in [-0.4, -0.2) is 11.7 Å². The second-order valence-electron chi connectivity index (χ2n) is 5.04. The number of aryl methyl sites for hydroxylation is 2. The quantitative estimate of drug-likeness (QED) is 0.857. The molecule has 0 aliphatic carbocycles. The largest absolute Gasteiger partial charge is 0.494 e. The van der Waals surface area contributed by atoms with Gasteiger partial charge in [0.05, 0.1) is 12.7 Å². The van der Waals surface area contributed by atoms with Crippen LogP contribution in [0.2, 0.25) is 0 Å². The van der Waals surface area contributed by atoms with Crippen LogP contribution in [0.5, 0.6) is 5.75 Å². The van der Waals surface area contributed by atoms with Crippen molar-refractivity contribution >= 4 is 0 Å². The lowest BCUT2D eigenvalue weighted by Crippen LogP contribution is -2.00. The third kappa shape index (κ3) is 4.10. The highest BCUT2D eigenvalue weighted by molar-refractivity contribution is 5.29. The maximum Gasteiger partial charge on any atom is 0.119 e. The van der Waals surface area contributed by atoms with Crippen molar-refractivity contribution in [3.05, 3.63) is 65.2 Å². The van der Waals surface area contributed by atoms with Crippen LogP contribution in [0.15, 0.2) is 48.5 Å². The molecule has 0 radical (unpaired) electrons. The first-order chi connectivity index (χ1) is 9.69. The number of aliphatic hydroxyl groups excluding tert-OH is 1. The van der Waals surface area contributed by atoms with Crippen LogP contribution >= 0.6 is 0 Å². The van der Waals surface area contributed by atoms with Crippen molar-refractivity contribution < 1.29 is 9.84 Å². The van der Waals surface area contributed by atoms with Gasteiger partial charge in [0.1, 0.15) is 5.75 Å². The molecule has 0 heterocycles. The summed E-state index contributed by atoms with van der Waals surface area (Å²) in [6.45, 7) is 4.71. The van der Waals surface area contributed by atoms with Crippen LogP contribution in [0.4, 0.5) is 0 Å². The Hall–Kier alpha value is -1.80. The molecule has 1 atom stereocenters. The highest BCUT2D eigenvalue weighted by Gasteiger charge is 2.08. The van der Waals surface area contributed by atoms with Crippen molar-refractivity contribution in [1.82, 2.24) is 0 Å². The van der Waals surface area contributed by atoms with Gasteiger partial charge in [0.25, 0.3) is 0 Å². The summed E-state index contributed by atoms with van der Waals surface area (Å²) in [4.78, 5) is 0. The molecule has 1 unspecified atom stereocenters. The van der Waals surface area contributed by atoms with E-state index in [1.165, 1.54) is 11.1 Å². The summed E-state index contributed by atoms with van der Waals surface area (Å²) in [5, 5.41) is 10.2. The first-order valence-electron chi connectivity index (χ1n) is 7.15. The lowest BCUT2D eigenvalue weighted by molar-refractivity contribution is 0.167. The summed E-state index contributed by atoms with van der Waals surface area (Å²) in [7, 11) is 0. The zero-order chi connectivity index (χ0) is 14.4. The fourth-order valence-corrected chi connectivity index (χ4v) is 2.18. The molecule has 106 valence electrons. The molecule has 2 rings (SSSR count). The summed E-state index contributed by atoms with van der Waals surface area (Å²) in [6.07, 6.45) is 1.19. The van der Waals surface area contributed by atoms with E-state index in [0.717, 1.165) is 24.2 Å². The van der Waals surface area contributed by atoms with Gasteiger partial charge >= 0.3 is 0 Å². The molecule has 0 fully saturated rings. The second kappa shape index (κ2) is 7.11. The van der Waals surface area contributed by atoms with Crippen LogP contribution in [0.3, 0.4) is 0 Å². The van der Waals surface area contributed by atoms with E-state index in [2.05, 4.69) is 31.2 Å². The van der Waals surface area contributed by atoms with E-state index in [4.69, 9.17) is 4.74 Å². The van der Waals surface area contributed by atoms with Crippen LogP contribution in [0.25, 0.3) is 0 Å². The van der Waals surface area contributed by atoms with Gasteiger partial charge in [-0.25, -0.2) is 0 Å². The second-order valence-corrected chi connectivity index (χ2v) is 5.04. The molecule has 0 saturated heterocycles. The molecule has 0 aliphatic rings. The molecule has 1 N–H and O–H groups in total. The molecule has 0 spiro atoms. The monoisotopic (exact) mass is 270 g/mol. The van der Waals surface area contributed by atoms with Gasteiger partial charge in [-0.15, -0.1) is 0 Å². The topological polar surface area (TPSA) is 29.5 Å². The standard InChI is InChI=1S/C18H22O2/c1-3-20-17-11-9-16(10-12-17)18(19)13-8-15-6-4-14(2)5-7-15/h4-7,9-12,18-19H,3,8,13H2,1-2H3. The van der Waals surface area contributed by atoms with Crippen molar-refractivity contribution in [2.24, 2.45) is 0 Å². The Labute approximate surface area is 121 Å². The average molecular weight is 270 g/mol. The summed E-state index contributed by atoms with van der Waals surface area (Å²) in [6, 6.07) is 16.2. The summed E-state index contributed by atoms with van der Waals surface area (Å²) < 4.78 is 5.40. The summed E-state index contributed by atoms with van der Waals surface area (Å²) in [5.41, 5.74) is 3.47. The zero-order valence-electron chi connectivity index (χ0n) is 12.2. The van der Waals surface area contributed by atoms with Crippen molar-refractivity contribution in [3.8, 4) is 5.75 Å². The van der Waals surface area contributed by atoms with Crippen LogP contribution < -0.4 is 4.74 Å². The van der Waals surface area contributed by atoms with Crippen LogP contribution in [0.1, 0.15) is 36.1 Å². The van der Waals surface area contributed by atoms with Gasteiger partial charge in [0, 0.05) is 0 Å². The average Bonchev–Trinajstić information content (AvgIpc) is 2.47. The third-order valence-electron chi connectivity index (χ3n) is 3.40. The van der Waals surface area contributed by atoms with Crippen LogP contribution in [-0.2, 0) is 6.42 Å². The SMILES string of the molecule is CCOc1ccc(C(O)CCc2ccc(C)cc2)cc1. The van der Waals surface area contributed by atoms with E-state index in [-0.39, 0.29) is 0 Å². The fraction of sp³-hybridized carbons (Fsp3) is 0.333. The molecule has 0 bridgehead atoms. The Bertz CT molecular complexity index is 514. The minimum atomic E-state index is -0.424. The van der Waals surface area contributed by atoms with Crippen molar-refractivity contribution in [3.63, 3.8) is 0 Å². The number of hydrogen-bond acceptors (Lipinski definition) is 2. The van der Waals surface area contributed by atoms with Gasteiger partial charge in [0.2, 0.25) is 0 Å². The molecule has 0 aliphatic heterocycles. The molecule has 0 saturated carbocycles. The smallest absolute Gasteiger partial charge is 0.119 e. The Morgan fingerprint density at radius 2 is 1.65 bits per heavy atom. The predicted octanol–water partition coefficient (Wildman–Crippen LogP) is 4.06. The molecular weight excluding hydrogens is 248 g/mol. The zero-order valence-corrected chi connectivity index (χ0v) is 12.2. The minimum Gasteiger partial charge on any atom is -0.494 e. The van der Waals surface area contributed by atoms with Crippen molar-refractivity contribution in [2.45, 2.75) is 32.8 Å².